The first-order valence-corrected chi connectivity index (χ1v) is 4.59. The van der Waals surface area contributed by atoms with E-state index in [4.69, 9.17) is 4.74 Å². The van der Waals surface area contributed by atoms with Crippen LogP contribution in [0.3, 0.4) is 0 Å². The average Bonchev–Trinajstić information content (AvgIpc) is 2.88. The summed E-state index contributed by atoms with van der Waals surface area (Å²) in [6.07, 6.45) is 2.16. The molecule has 1 saturated heterocycles. The molecule has 1 aliphatic heterocycles. The third-order valence-corrected chi connectivity index (χ3v) is 2.34. The number of quaternary nitrogens is 1. The lowest BCUT2D eigenvalue weighted by Gasteiger charge is -2.23. The van der Waals surface area contributed by atoms with Crippen molar-refractivity contribution in [2.75, 3.05) is 26.3 Å². The first-order chi connectivity index (χ1) is 5.86. The van der Waals surface area contributed by atoms with E-state index in [1.54, 1.807) is 0 Å². The first kappa shape index (κ1) is 8.01. The summed E-state index contributed by atoms with van der Waals surface area (Å²) in [4.78, 5) is 11.3. The minimum atomic E-state index is 0.229. The van der Waals surface area contributed by atoms with Crippen molar-refractivity contribution >= 4 is 5.91 Å². The molecule has 12 heavy (non-hydrogen) atoms. The highest BCUT2D eigenvalue weighted by Gasteiger charge is 2.32. The molecule has 2 rings (SSSR count). The van der Waals surface area contributed by atoms with Gasteiger partial charge in [0.05, 0.1) is 13.2 Å². The number of nitrogens with one attached hydrogen (secondary N) is 2. The van der Waals surface area contributed by atoms with Crippen LogP contribution in [0.2, 0.25) is 0 Å². The van der Waals surface area contributed by atoms with Crippen molar-refractivity contribution in [3.63, 3.8) is 0 Å². The maximum atomic E-state index is 11.3. The maximum Gasteiger partial charge on any atom is 0.268 e. The number of amides is 1. The smallest absolute Gasteiger partial charge is 0.268 e. The molecular formula is C8H15N2O2+. The highest BCUT2D eigenvalue weighted by Crippen LogP contribution is 2.28. The van der Waals surface area contributed by atoms with Crippen molar-refractivity contribution in [2.24, 2.45) is 5.92 Å². The first-order valence-electron chi connectivity index (χ1n) is 4.59. The van der Waals surface area contributed by atoms with E-state index in [2.05, 4.69) is 5.43 Å². The van der Waals surface area contributed by atoms with Gasteiger partial charge in [0.25, 0.3) is 5.91 Å². The Kier molecular flexibility index (Phi) is 2.28. The van der Waals surface area contributed by atoms with Crippen LogP contribution in [0.25, 0.3) is 0 Å². The van der Waals surface area contributed by atoms with Crippen LogP contribution in [-0.2, 0) is 9.53 Å². The van der Waals surface area contributed by atoms with E-state index in [1.807, 2.05) is 0 Å². The van der Waals surface area contributed by atoms with Gasteiger partial charge in [-0.05, 0) is 12.8 Å². The third-order valence-electron chi connectivity index (χ3n) is 2.34. The van der Waals surface area contributed by atoms with E-state index in [0.717, 1.165) is 44.2 Å². The molecule has 2 fully saturated rings. The summed E-state index contributed by atoms with van der Waals surface area (Å²) in [7, 11) is 0. The minimum Gasteiger partial charge on any atom is -0.370 e. The Morgan fingerprint density at radius 3 is 2.58 bits per heavy atom. The van der Waals surface area contributed by atoms with Crippen LogP contribution in [-0.4, -0.2) is 32.2 Å². The van der Waals surface area contributed by atoms with Gasteiger partial charge in [0, 0.05) is 5.92 Å². The molecule has 2 N–H and O–H groups in total. The van der Waals surface area contributed by atoms with E-state index in [-0.39, 0.29) is 5.91 Å². The van der Waals surface area contributed by atoms with Gasteiger partial charge in [-0.1, -0.05) is 0 Å². The molecule has 0 atom stereocenters. The largest absolute Gasteiger partial charge is 0.370 e. The zero-order valence-corrected chi connectivity index (χ0v) is 7.14. The molecular weight excluding hydrogens is 156 g/mol. The molecule has 1 saturated carbocycles. The van der Waals surface area contributed by atoms with Gasteiger partial charge in [-0.15, -0.1) is 0 Å². The normalized spacial score (nSPS) is 25.3. The molecule has 0 aromatic rings. The fourth-order valence-electron chi connectivity index (χ4n) is 1.36. The van der Waals surface area contributed by atoms with Crippen LogP contribution < -0.4 is 10.4 Å². The molecule has 0 aromatic carbocycles. The lowest BCUT2D eigenvalue weighted by molar-refractivity contribution is -0.943. The van der Waals surface area contributed by atoms with E-state index < -0.39 is 0 Å². The van der Waals surface area contributed by atoms with Crippen molar-refractivity contribution < 1.29 is 14.5 Å². The highest BCUT2D eigenvalue weighted by molar-refractivity contribution is 5.79. The molecule has 68 valence electrons. The second-order valence-corrected chi connectivity index (χ2v) is 3.48. The van der Waals surface area contributed by atoms with E-state index >= 15 is 0 Å². The molecule has 2 aliphatic rings. The van der Waals surface area contributed by atoms with E-state index in [0.29, 0.717) is 5.92 Å². The maximum absolute atomic E-state index is 11.3. The Labute approximate surface area is 71.8 Å². The summed E-state index contributed by atoms with van der Waals surface area (Å²) in [5, 5.41) is 1.16. The molecule has 0 unspecified atom stereocenters. The number of hydrogen-bond donors (Lipinski definition) is 2. The summed E-state index contributed by atoms with van der Waals surface area (Å²) in [5.74, 6) is 0.548. The predicted molar refractivity (Wildman–Crippen MR) is 42.4 cm³/mol. The number of carbonyl (C=O) groups excluding carboxylic acids is 1. The Morgan fingerprint density at radius 2 is 2.00 bits per heavy atom. The van der Waals surface area contributed by atoms with Crippen molar-refractivity contribution in [1.82, 2.24) is 5.43 Å². The molecule has 1 heterocycles. The van der Waals surface area contributed by atoms with Crippen LogP contribution >= 0.6 is 0 Å². The van der Waals surface area contributed by atoms with Crippen LogP contribution in [0, 0.1) is 5.92 Å². The fourth-order valence-corrected chi connectivity index (χ4v) is 1.36. The number of carbonyl (C=O) groups is 1. The van der Waals surface area contributed by atoms with Gasteiger partial charge in [-0.25, -0.2) is 10.4 Å². The van der Waals surface area contributed by atoms with Gasteiger partial charge in [-0.3, -0.25) is 4.79 Å². The second-order valence-electron chi connectivity index (χ2n) is 3.48. The monoisotopic (exact) mass is 171 g/mol. The Hall–Kier alpha value is -0.610. The zero-order chi connectivity index (χ0) is 8.39. The van der Waals surface area contributed by atoms with Crippen molar-refractivity contribution in [3.05, 3.63) is 0 Å². The Morgan fingerprint density at radius 1 is 1.33 bits per heavy atom. The summed E-state index contributed by atoms with van der Waals surface area (Å²) in [5.41, 5.74) is 2.98. The number of rotatable bonds is 2. The van der Waals surface area contributed by atoms with Crippen molar-refractivity contribution in [1.29, 1.82) is 0 Å². The lowest BCUT2D eigenvalue weighted by atomic mass is 10.4. The Bertz CT molecular complexity index is 174. The molecule has 0 aromatic heterocycles. The predicted octanol–water partition coefficient (Wildman–Crippen LogP) is -1.66. The fraction of sp³-hybridized carbons (Fsp3) is 0.875. The number of hydrogen-bond acceptors (Lipinski definition) is 2. The lowest BCUT2D eigenvalue weighted by Crippen LogP contribution is -3.21. The molecule has 4 heteroatoms. The average molecular weight is 171 g/mol. The van der Waals surface area contributed by atoms with Gasteiger partial charge < -0.3 is 4.74 Å². The second kappa shape index (κ2) is 3.41. The third kappa shape index (κ3) is 1.95. The number of ether oxygens (including phenoxy) is 1. The number of morpholine rings is 1. The van der Waals surface area contributed by atoms with Crippen LogP contribution in [0.4, 0.5) is 0 Å². The molecule has 0 bridgehead atoms. The highest BCUT2D eigenvalue weighted by atomic mass is 16.5. The van der Waals surface area contributed by atoms with Gasteiger partial charge in [-0.2, -0.15) is 0 Å². The van der Waals surface area contributed by atoms with Crippen molar-refractivity contribution in [2.45, 2.75) is 12.8 Å². The summed E-state index contributed by atoms with van der Waals surface area (Å²) in [6.45, 7) is 3.33. The van der Waals surface area contributed by atoms with Gasteiger partial charge in [0.2, 0.25) is 0 Å². The summed E-state index contributed by atoms with van der Waals surface area (Å²) < 4.78 is 5.19. The molecule has 1 amide bonds. The quantitative estimate of drug-likeness (QED) is 0.522. The SMILES string of the molecule is O=C(N[NH+]1CCOCC1)C1CC1. The van der Waals surface area contributed by atoms with Crippen LogP contribution in [0.1, 0.15) is 12.8 Å². The molecule has 4 nitrogen and oxygen atoms in total. The Balaban J connectivity index is 1.73. The minimum absolute atomic E-state index is 0.229. The summed E-state index contributed by atoms with van der Waals surface area (Å²) >= 11 is 0. The van der Waals surface area contributed by atoms with Gasteiger partial charge >= 0.3 is 0 Å². The standard InChI is InChI=1S/C8H14N2O2/c11-8(7-1-2-7)9-10-3-5-12-6-4-10/h7H,1-6H2,(H,9,11)/p+1. The molecule has 0 radical (unpaired) electrons. The van der Waals surface area contributed by atoms with E-state index in [9.17, 15) is 4.79 Å². The van der Waals surface area contributed by atoms with Crippen LogP contribution in [0.15, 0.2) is 0 Å². The van der Waals surface area contributed by atoms with E-state index in [1.165, 1.54) is 0 Å². The van der Waals surface area contributed by atoms with Crippen LogP contribution in [0.5, 0.6) is 0 Å². The van der Waals surface area contributed by atoms with Gasteiger partial charge in [0.1, 0.15) is 13.1 Å². The van der Waals surface area contributed by atoms with Crippen molar-refractivity contribution in [3.8, 4) is 0 Å². The zero-order valence-electron chi connectivity index (χ0n) is 7.14. The molecule has 0 spiro atoms. The summed E-state index contributed by atoms with van der Waals surface area (Å²) in [6, 6.07) is 0. The topological polar surface area (TPSA) is 42.8 Å². The van der Waals surface area contributed by atoms with Gasteiger partial charge in [0.15, 0.2) is 0 Å². The molecule has 1 aliphatic carbocycles.